The van der Waals surface area contributed by atoms with E-state index in [-0.39, 0.29) is 11.7 Å². The molecule has 0 saturated heterocycles. The number of rotatable bonds is 6. The second-order valence-corrected chi connectivity index (χ2v) is 6.37. The third-order valence-corrected chi connectivity index (χ3v) is 4.48. The fourth-order valence-corrected chi connectivity index (χ4v) is 2.79. The molecule has 0 radical (unpaired) electrons. The van der Waals surface area contributed by atoms with E-state index in [0.29, 0.717) is 24.8 Å². The van der Waals surface area contributed by atoms with Crippen LogP contribution in [0.5, 0.6) is 0 Å². The van der Waals surface area contributed by atoms with Crippen LogP contribution in [-0.2, 0) is 11.2 Å². The Morgan fingerprint density at radius 3 is 2.74 bits per heavy atom. The lowest BCUT2D eigenvalue weighted by molar-refractivity contribution is -0.116. The van der Waals surface area contributed by atoms with Crippen LogP contribution in [0.1, 0.15) is 43.4 Å². The Morgan fingerprint density at radius 2 is 2.09 bits per heavy atom. The van der Waals surface area contributed by atoms with E-state index in [1.807, 2.05) is 11.6 Å². The molecule has 1 heterocycles. The van der Waals surface area contributed by atoms with Crippen LogP contribution in [0.25, 0.3) is 0 Å². The molecule has 1 aliphatic rings. The molecule has 1 N–H and O–H groups in total. The summed E-state index contributed by atoms with van der Waals surface area (Å²) in [7, 11) is 0. The third kappa shape index (κ3) is 3.78. The lowest BCUT2D eigenvalue weighted by Crippen LogP contribution is -2.19. The molecule has 5 heteroatoms. The molecule has 0 bridgehead atoms. The summed E-state index contributed by atoms with van der Waals surface area (Å²) in [6.07, 6.45) is 5.23. The number of carbonyl (C=O) groups is 1. The van der Waals surface area contributed by atoms with Gasteiger partial charge in [0.1, 0.15) is 11.6 Å². The number of nitrogens with one attached hydrogen (secondary N) is 1. The van der Waals surface area contributed by atoms with Crippen molar-refractivity contribution in [2.75, 3.05) is 5.32 Å². The number of nitrogens with zero attached hydrogens (tertiary/aromatic N) is 2. The molecule has 0 unspecified atom stereocenters. The molecule has 23 heavy (non-hydrogen) atoms. The maximum absolute atomic E-state index is 12.9. The smallest absolute Gasteiger partial charge is 0.225 e. The summed E-state index contributed by atoms with van der Waals surface area (Å²) < 4.78 is 14.8. The summed E-state index contributed by atoms with van der Waals surface area (Å²) in [5, 5.41) is 7.41. The van der Waals surface area contributed by atoms with E-state index < -0.39 is 0 Å². The first-order valence-corrected chi connectivity index (χ1v) is 8.13. The zero-order chi connectivity index (χ0) is 16.4. The number of carbonyl (C=O) groups excluding carboxylic acids is 1. The molecule has 1 fully saturated rings. The minimum atomic E-state index is -0.258. The number of amides is 1. The average molecular weight is 315 g/mol. The number of hydrogen-bond donors (Lipinski definition) is 1. The molecule has 0 aliphatic heterocycles. The first-order valence-electron chi connectivity index (χ1n) is 8.13. The van der Waals surface area contributed by atoms with Gasteiger partial charge in [0.05, 0.1) is 12.2 Å². The molecule has 2 aromatic rings. The lowest BCUT2D eigenvalue weighted by atomic mass is 10.1. The number of halogens is 1. The van der Waals surface area contributed by atoms with Crippen molar-refractivity contribution in [3.05, 3.63) is 47.4 Å². The molecule has 1 aromatic heterocycles. The van der Waals surface area contributed by atoms with E-state index in [0.717, 1.165) is 16.9 Å². The Morgan fingerprint density at radius 1 is 1.39 bits per heavy atom. The molecular formula is C18H22FN3O. The highest BCUT2D eigenvalue weighted by Crippen LogP contribution is 2.40. The highest BCUT2D eigenvalue weighted by molar-refractivity contribution is 5.90. The van der Waals surface area contributed by atoms with Crippen molar-refractivity contribution in [1.29, 1.82) is 0 Å². The summed E-state index contributed by atoms with van der Waals surface area (Å²) in [6.45, 7) is 4.11. The molecule has 1 saturated carbocycles. The van der Waals surface area contributed by atoms with Crippen molar-refractivity contribution < 1.29 is 9.18 Å². The highest BCUT2D eigenvalue weighted by atomic mass is 19.1. The zero-order valence-corrected chi connectivity index (χ0v) is 13.6. The quantitative estimate of drug-likeness (QED) is 0.879. The van der Waals surface area contributed by atoms with Gasteiger partial charge in [-0.05, 0) is 56.7 Å². The van der Waals surface area contributed by atoms with Gasteiger partial charge in [-0.2, -0.15) is 5.10 Å². The standard InChI is InChI=1S/C18H22FN3O/c1-12-11-20-22(13(2)15-6-7-15)18(12)21-17(23)10-5-14-3-8-16(19)9-4-14/h3-4,8-9,11,13,15H,5-7,10H2,1-2H3,(H,21,23)/t13-/m1/s1. The average Bonchev–Trinajstić information content (AvgIpc) is 3.32. The molecule has 1 aromatic carbocycles. The Labute approximate surface area is 135 Å². The summed E-state index contributed by atoms with van der Waals surface area (Å²) in [4.78, 5) is 12.2. The van der Waals surface area contributed by atoms with Crippen LogP contribution in [0.15, 0.2) is 30.5 Å². The fourth-order valence-electron chi connectivity index (χ4n) is 2.79. The first-order chi connectivity index (χ1) is 11.0. The largest absolute Gasteiger partial charge is 0.311 e. The van der Waals surface area contributed by atoms with Crippen LogP contribution in [0.2, 0.25) is 0 Å². The number of hydrogen-bond acceptors (Lipinski definition) is 2. The van der Waals surface area contributed by atoms with Gasteiger partial charge in [0, 0.05) is 12.0 Å². The Bertz CT molecular complexity index is 689. The molecule has 3 rings (SSSR count). The van der Waals surface area contributed by atoms with Crippen molar-refractivity contribution in [2.45, 2.75) is 45.6 Å². The van der Waals surface area contributed by atoms with E-state index in [9.17, 15) is 9.18 Å². The van der Waals surface area contributed by atoms with E-state index in [1.54, 1.807) is 18.3 Å². The third-order valence-electron chi connectivity index (χ3n) is 4.48. The van der Waals surface area contributed by atoms with Gasteiger partial charge in [-0.25, -0.2) is 9.07 Å². The fraction of sp³-hybridized carbons (Fsp3) is 0.444. The van der Waals surface area contributed by atoms with E-state index in [1.165, 1.54) is 25.0 Å². The Hall–Kier alpha value is -2.17. The van der Waals surface area contributed by atoms with Gasteiger partial charge in [0.2, 0.25) is 5.91 Å². The molecule has 0 spiro atoms. The van der Waals surface area contributed by atoms with Gasteiger partial charge in [-0.1, -0.05) is 12.1 Å². The summed E-state index contributed by atoms with van der Waals surface area (Å²) in [5.74, 6) is 1.17. The minimum absolute atomic E-state index is 0.0397. The van der Waals surface area contributed by atoms with Gasteiger partial charge < -0.3 is 5.32 Å². The molecule has 122 valence electrons. The summed E-state index contributed by atoms with van der Waals surface area (Å²) >= 11 is 0. The number of aryl methyl sites for hydroxylation is 2. The van der Waals surface area contributed by atoms with Gasteiger partial charge in [0.25, 0.3) is 0 Å². The lowest BCUT2D eigenvalue weighted by Gasteiger charge is -2.16. The number of anilines is 1. The van der Waals surface area contributed by atoms with Crippen molar-refractivity contribution in [1.82, 2.24) is 9.78 Å². The summed E-state index contributed by atoms with van der Waals surface area (Å²) in [5.41, 5.74) is 1.94. The van der Waals surface area contributed by atoms with Gasteiger partial charge in [0.15, 0.2) is 0 Å². The maximum Gasteiger partial charge on any atom is 0.225 e. The SMILES string of the molecule is Cc1cnn([C@H](C)C2CC2)c1NC(=O)CCc1ccc(F)cc1. The molecular weight excluding hydrogens is 293 g/mol. The van der Waals surface area contributed by atoms with Gasteiger partial charge in [-0.15, -0.1) is 0 Å². The van der Waals surface area contributed by atoms with Crippen molar-refractivity contribution in [3.8, 4) is 0 Å². The molecule has 1 amide bonds. The van der Waals surface area contributed by atoms with Gasteiger partial charge in [-0.3, -0.25) is 4.79 Å². The highest BCUT2D eigenvalue weighted by Gasteiger charge is 2.31. The van der Waals surface area contributed by atoms with Gasteiger partial charge >= 0.3 is 0 Å². The zero-order valence-electron chi connectivity index (χ0n) is 13.6. The molecule has 4 nitrogen and oxygen atoms in total. The van der Waals surface area contributed by atoms with Crippen molar-refractivity contribution >= 4 is 11.7 Å². The van der Waals surface area contributed by atoms with Crippen LogP contribution < -0.4 is 5.32 Å². The topological polar surface area (TPSA) is 46.9 Å². The Kier molecular flexibility index (Phi) is 4.46. The molecule has 1 aliphatic carbocycles. The van der Waals surface area contributed by atoms with Crippen LogP contribution in [0.4, 0.5) is 10.2 Å². The summed E-state index contributed by atoms with van der Waals surface area (Å²) in [6, 6.07) is 6.59. The number of aromatic nitrogens is 2. The van der Waals surface area contributed by atoms with E-state index >= 15 is 0 Å². The normalized spacial score (nSPS) is 15.4. The predicted molar refractivity (Wildman–Crippen MR) is 87.7 cm³/mol. The number of benzene rings is 1. The first kappa shape index (κ1) is 15.7. The van der Waals surface area contributed by atoms with Crippen LogP contribution in [0.3, 0.4) is 0 Å². The molecule has 1 atom stereocenters. The van der Waals surface area contributed by atoms with Crippen molar-refractivity contribution in [2.24, 2.45) is 5.92 Å². The van der Waals surface area contributed by atoms with Crippen LogP contribution in [-0.4, -0.2) is 15.7 Å². The second-order valence-electron chi connectivity index (χ2n) is 6.37. The van der Waals surface area contributed by atoms with Crippen molar-refractivity contribution in [3.63, 3.8) is 0 Å². The van der Waals surface area contributed by atoms with E-state index in [4.69, 9.17) is 0 Å². The van der Waals surface area contributed by atoms with E-state index in [2.05, 4.69) is 17.3 Å². The predicted octanol–water partition coefficient (Wildman–Crippen LogP) is 3.87. The second kappa shape index (κ2) is 6.52. The Balaban J connectivity index is 1.61. The maximum atomic E-state index is 12.9. The van der Waals surface area contributed by atoms with Crippen LogP contribution >= 0.6 is 0 Å². The minimum Gasteiger partial charge on any atom is -0.311 e. The van der Waals surface area contributed by atoms with Crippen LogP contribution in [0, 0.1) is 18.7 Å². The monoisotopic (exact) mass is 315 g/mol.